The molecule has 0 radical (unpaired) electrons. The Morgan fingerprint density at radius 3 is 2.30 bits per heavy atom. The van der Waals surface area contributed by atoms with Gasteiger partial charge in [-0.3, -0.25) is 0 Å². The molecule has 0 amide bonds. The molecule has 0 atom stereocenters. The van der Waals surface area contributed by atoms with E-state index in [1.165, 1.54) is 0 Å². The number of carbonyl (C=O) groups is 1. The molecule has 10 heavy (non-hydrogen) atoms. The van der Waals surface area contributed by atoms with Crippen LogP contribution in [0, 0.1) is 0 Å². The number of rotatable bonds is 3. The van der Waals surface area contributed by atoms with Crippen molar-refractivity contribution < 1.29 is 15.1 Å². The second kappa shape index (κ2) is 3.66. The summed E-state index contributed by atoms with van der Waals surface area (Å²) in [6.45, 7) is 5.13. The number of aliphatic carboxylic acids is 1. The van der Waals surface area contributed by atoms with Crippen LogP contribution in [0.2, 0.25) is 0 Å². The van der Waals surface area contributed by atoms with Crippen molar-refractivity contribution in [2.24, 2.45) is 5.16 Å². The lowest BCUT2D eigenvalue weighted by atomic mass is 10.2. The summed E-state index contributed by atoms with van der Waals surface area (Å²) in [5.74, 6) is -1.22. The van der Waals surface area contributed by atoms with Gasteiger partial charge in [0.15, 0.2) is 5.71 Å². The third-order valence-corrected chi connectivity index (χ3v) is 0.837. The SMILES string of the molecule is C=C(C)C/C(=N\O)C(=O)O. The Kier molecular flexibility index (Phi) is 3.17. The number of carboxylic acids is 1. The highest BCUT2D eigenvalue weighted by Gasteiger charge is 2.08. The summed E-state index contributed by atoms with van der Waals surface area (Å²) in [5.41, 5.74) is 0.364. The Hall–Kier alpha value is -1.32. The summed E-state index contributed by atoms with van der Waals surface area (Å²) >= 11 is 0. The molecule has 0 aliphatic rings. The molecular weight excluding hydrogens is 134 g/mol. The van der Waals surface area contributed by atoms with Gasteiger partial charge in [-0.2, -0.15) is 0 Å². The molecule has 0 aromatic carbocycles. The minimum absolute atomic E-state index is 0.103. The Labute approximate surface area is 58.5 Å². The minimum atomic E-state index is -1.22. The van der Waals surface area contributed by atoms with Gasteiger partial charge in [-0.25, -0.2) is 4.79 Å². The molecule has 56 valence electrons. The van der Waals surface area contributed by atoms with Crippen LogP contribution in [0.1, 0.15) is 13.3 Å². The average Bonchev–Trinajstić information content (AvgIpc) is 1.81. The summed E-state index contributed by atoms with van der Waals surface area (Å²) in [6.07, 6.45) is 0.103. The van der Waals surface area contributed by atoms with E-state index in [-0.39, 0.29) is 12.1 Å². The van der Waals surface area contributed by atoms with E-state index in [9.17, 15) is 4.79 Å². The normalized spacial score (nSPS) is 11.1. The number of nitrogens with zero attached hydrogens (tertiary/aromatic N) is 1. The van der Waals surface area contributed by atoms with Crippen molar-refractivity contribution in [2.75, 3.05) is 0 Å². The summed E-state index contributed by atoms with van der Waals surface area (Å²) < 4.78 is 0. The van der Waals surface area contributed by atoms with Gasteiger partial charge in [-0.1, -0.05) is 17.3 Å². The molecule has 4 heteroatoms. The number of hydrogen-bond donors (Lipinski definition) is 2. The molecule has 0 spiro atoms. The predicted octanol–water partition coefficient (Wildman–Crippen LogP) is 0.867. The zero-order valence-electron chi connectivity index (χ0n) is 5.66. The van der Waals surface area contributed by atoms with Crippen molar-refractivity contribution in [3.8, 4) is 0 Å². The molecule has 0 rings (SSSR count). The van der Waals surface area contributed by atoms with Gasteiger partial charge in [0.1, 0.15) is 0 Å². The second-order valence-corrected chi connectivity index (χ2v) is 1.99. The Balaban J connectivity index is 4.12. The van der Waals surface area contributed by atoms with Crippen molar-refractivity contribution in [1.82, 2.24) is 0 Å². The van der Waals surface area contributed by atoms with Crippen molar-refractivity contribution in [3.63, 3.8) is 0 Å². The molecule has 0 heterocycles. The van der Waals surface area contributed by atoms with Crippen LogP contribution in [0.3, 0.4) is 0 Å². The van der Waals surface area contributed by atoms with Crippen molar-refractivity contribution >= 4 is 11.7 Å². The van der Waals surface area contributed by atoms with Crippen molar-refractivity contribution in [1.29, 1.82) is 0 Å². The summed E-state index contributed by atoms with van der Waals surface area (Å²) in [7, 11) is 0. The van der Waals surface area contributed by atoms with E-state index < -0.39 is 5.97 Å². The van der Waals surface area contributed by atoms with E-state index >= 15 is 0 Å². The molecule has 0 aliphatic heterocycles. The molecule has 0 aromatic heterocycles. The number of carboxylic acid groups (broad SMARTS) is 1. The van der Waals surface area contributed by atoms with Crippen LogP contribution in [-0.2, 0) is 4.79 Å². The molecule has 2 N–H and O–H groups in total. The Morgan fingerprint density at radius 2 is 2.20 bits per heavy atom. The van der Waals surface area contributed by atoms with Gasteiger partial charge in [0, 0.05) is 6.42 Å². The number of oxime groups is 1. The Morgan fingerprint density at radius 1 is 1.70 bits per heavy atom. The van der Waals surface area contributed by atoms with Gasteiger partial charge >= 0.3 is 5.97 Å². The first kappa shape index (κ1) is 8.68. The fraction of sp³-hybridized carbons (Fsp3) is 0.333. The molecule has 0 unspecified atom stereocenters. The van der Waals surface area contributed by atoms with E-state index in [0.29, 0.717) is 5.57 Å². The van der Waals surface area contributed by atoms with E-state index in [4.69, 9.17) is 10.3 Å². The fourth-order valence-corrected chi connectivity index (χ4v) is 0.440. The predicted molar refractivity (Wildman–Crippen MR) is 36.3 cm³/mol. The molecular formula is C6H9NO3. The van der Waals surface area contributed by atoms with Gasteiger partial charge in [-0.15, -0.1) is 0 Å². The van der Waals surface area contributed by atoms with Gasteiger partial charge in [0.2, 0.25) is 0 Å². The Bertz CT molecular complexity index is 183. The van der Waals surface area contributed by atoms with Crippen LogP contribution in [0.25, 0.3) is 0 Å². The van der Waals surface area contributed by atoms with Crippen molar-refractivity contribution in [2.45, 2.75) is 13.3 Å². The molecule has 0 saturated heterocycles. The van der Waals surface area contributed by atoms with E-state index in [2.05, 4.69) is 11.7 Å². The summed E-state index contributed by atoms with van der Waals surface area (Å²) in [6, 6.07) is 0. The van der Waals surface area contributed by atoms with E-state index in [0.717, 1.165) is 0 Å². The lowest BCUT2D eigenvalue weighted by Gasteiger charge is -1.95. The first-order valence-corrected chi connectivity index (χ1v) is 2.66. The highest BCUT2D eigenvalue weighted by molar-refractivity contribution is 6.35. The van der Waals surface area contributed by atoms with Gasteiger partial charge in [-0.05, 0) is 6.92 Å². The van der Waals surface area contributed by atoms with Crippen LogP contribution in [0.15, 0.2) is 17.3 Å². The lowest BCUT2D eigenvalue weighted by Crippen LogP contribution is -2.12. The van der Waals surface area contributed by atoms with Crippen LogP contribution >= 0.6 is 0 Å². The molecule has 4 nitrogen and oxygen atoms in total. The topological polar surface area (TPSA) is 69.9 Å². The monoisotopic (exact) mass is 143 g/mol. The largest absolute Gasteiger partial charge is 0.477 e. The minimum Gasteiger partial charge on any atom is -0.477 e. The van der Waals surface area contributed by atoms with Crippen molar-refractivity contribution in [3.05, 3.63) is 12.2 Å². The lowest BCUT2D eigenvalue weighted by molar-refractivity contribution is -0.129. The van der Waals surface area contributed by atoms with E-state index in [1.54, 1.807) is 6.92 Å². The number of hydrogen-bond acceptors (Lipinski definition) is 3. The smallest absolute Gasteiger partial charge is 0.353 e. The summed E-state index contributed by atoms with van der Waals surface area (Å²) in [4.78, 5) is 10.1. The zero-order chi connectivity index (χ0) is 8.15. The first-order chi connectivity index (χ1) is 4.57. The maximum atomic E-state index is 10.1. The fourth-order valence-electron chi connectivity index (χ4n) is 0.440. The number of allylic oxidation sites excluding steroid dienone is 1. The molecule has 0 aromatic rings. The van der Waals surface area contributed by atoms with Crippen LogP contribution < -0.4 is 0 Å². The third kappa shape index (κ3) is 2.86. The quantitative estimate of drug-likeness (QED) is 0.266. The molecule has 0 aliphatic carbocycles. The maximum Gasteiger partial charge on any atom is 0.353 e. The van der Waals surface area contributed by atoms with Crippen LogP contribution in [-0.4, -0.2) is 22.0 Å². The highest BCUT2D eigenvalue weighted by atomic mass is 16.4. The standard InChI is InChI=1S/C6H9NO3/c1-4(2)3-5(7-10)6(8)9/h10H,1,3H2,2H3,(H,8,9)/b7-5+. The molecule has 0 bridgehead atoms. The maximum absolute atomic E-state index is 10.1. The average molecular weight is 143 g/mol. The van der Waals surface area contributed by atoms with Gasteiger partial charge in [0.25, 0.3) is 0 Å². The zero-order valence-corrected chi connectivity index (χ0v) is 5.66. The molecule has 0 saturated carbocycles. The second-order valence-electron chi connectivity index (χ2n) is 1.99. The van der Waals surface area contributed by atoms with Gasteiger partial charge < -0.3 is 10.3 Å². The first-order valence-electron chi connectivity index (χ1n) is 2.66. The molecule has 0 fully saturated rings. The van der Waals surface area contributed by atoms with Crippen LogP contribution in [0.5, 0.6) is 0 Å². The van der Waals surface area contributed by atoms with Gasteiger partial charge in [0.05, 0.1) is 0 Å². The third-order valence-electron chi connectivity index (χ3n) is 0.837. The van der Waals surface area contributed by atoms with Crippen LogP contribution in [0.4, 0.5) is 0 Å². The summed E-state index contributed by atoms with van der Waals surface area (Å²) in [5, 5.41) is 19.0. The highest BCUT2D eigenvalue weighted by Crippen LogP contribution is 1.97. The van der Waals surface area contributed by atoms with E-state index in [1.807, 2.05) is 0 Å².